The van der Waals surface area contributed by atoms with Crippen LogP contribution in [0.25, 0.3) is 33.1 Å². The van der Waals surface area contributed by atoms with Gasteiger partial charge < -0.3 is 19.8 Å². The Kier molecular flexibility index (Phi) is 5.91. The number of β-amino-alcohol motifs (C(OH)–C–C–N with tert-alkyl or cyclic N) is 1. The van der Waals surface area contributed by atoms with Gasteiger partial charge in [0.25, 0.3) is 0 Å². The molecule has 194 valence electrons. The number of fused-ring (bicyclic) bond motifs is 2. The van der Waals surface area contributed by atoms with Gasteiger partial charge in [0.15, 0.2) is 0 Å². The lowest BCUT2D eigenvalue weighted by molar-refractivity contribution is -0.123. The van der Waals surface area contributed by atoms with Crippen molar-refractivity contribution in [3.05, 3.63) is 53.5 Å². The van der Waals surface area contributed by atoms with Crippen molar-refractivity contribution in [1.82, 2.24) is 24.9 Å². The van der Waals surface area contributed by atoms with Crippen LogP contribution in [0.15, 0.2) is 36.5 Å². The van der Waals surface area contributed by atoms with E-state index in [9.17, 15) is 15.0 Å². The number of hydrogen-bond donors (Lipinski definition) is 2. The second-order valence-electron chi connectivity index (χ2n) is 10.8. The summed E-state index contributed by atoms with van der Waals surface area (Å²) in [6.45, 7) is 7.22. The monoisotopic (exact) mass is 507 g/mol. The first kappa shape index (κ1) is 25.0. The van der Waals surface area contributed by atoms with Crippen LogP contribution in [-0.4, -0.2) is 66.0 Å². The van der Waals surface area contributed by atoms with E-state index in [1.165, 1.54) is 17.0 Å². The molecule has 4 aromatic rings. The number of carbonyl (C=O) groups is 1. The largest absolute Gasteiger partial charge is 0.444 e. The fourth-order valence-electron chi connectivity index (χ4n) is 4.82. The normalized spacial score (nSPS) is 20.5. The SMILES string of the molecule is Cc1cc(-c2cc3c(F)cc([C@@]4(O)CCN(C(=O)OC(C)(C)C)C[C@@H]4O)cc3nn2)cc2cn(C)nc12. The Bertz CT molecular complexity index is 1530. The van der Waals surface area contributed by atoms with E-state index in [0.717, 1.165) is 22.0 Å². The number of piperidine rings is 1. The fraction of sp³-hybridized carbons (Fsp3) is 0.407. The van der Waals surface area contributed by atoms with Gasteiger partial charge in [-0.1, -0.05) is 0 Å². The number of halogens is 1. The third-order valence-corrected chi connectivity index (χ3v) is 6.72. The fourth-order valence-corrected chi connectivity index (χ4v) is 4.82. The quantitative estimate of drug-likeness (QED) is 0.424. The van der Waals surface area contributed by atoms with E-state index >= 15 is 4.39 Å². The summed E-state index contributed by atoms with van der Waals surface area (Å²) in [6.07, 6.45) is 0.00472. The molecule has 0 spiro atoms. The van der Waals surface area contributed by atoms with Gasteiger partial charge in [0, 0.05) is 42.5 Å². The second kappa shape index (κ2) is 8.74. The summed E-state index contributed by atoms with van der Waals surface area (Å²) in [6, 6.07) is 8.26. The van der Waals surface area contributed by atoms with Gasteiger partial charge in [-0.05, 0) is 69.2 Å². The number of carbonyl (C=O) groups excluding carboxylic acids is 1. The first-order chi connectivity index (χ1) is 17.3. The Morgan fingerprint density at radius 1 is 1.19 bits per heavy atom. The topological polar surface area (TPSA) is 114 Å². The van der Waals surface area contributed by atoms with Crippen LogP contribution in [0, 0.1) is 12.7 Å². The number of amides is 1. The van der Waals surface area contributed by atoms with E-state index in [4.69, 9.17) is 4.74 Å². The molecule has 1 amide bonds. The predicted molar refractivity (Wildman–Crippen MR) is 136 cm³/mol. The minimum absolute atomic E-state index is 0.00820. The minimum atomic E-state index is -1.75. The molecular formula is C27H30FN5O4. The summed E-state index contributed by atoms with van der Waals surface area (Å²) >= 11 is 0. The van der Waals surface area contributed by atoms with E-state index < -0.39 is 29.2 Å². The Morgan fingerprint density at radius 3 is 2.65 bits per heavy atom. The van der Waals surface area contributed by atoms with Gasteiger partial charge in [0.05, 0.1) is 23.3 Å². The van der Waals surface area contributed by atoms with Crippen molar-refractivity contribution in [2.75, 3.05) is 13.1 Å². The summed E-state index contributed by atoms with van der Waals surface area (Å²) in [7, 11) is 1.86. The van der Waals surface area contributed by atoms with Crippen LogP contribution in [0.4, 0.5) is 9.18 Å². The molecule has 1 aliphatic rings. The zero-order valence-electron chi connectivity index (χ0n) is 21.5. The first-order valence-corrected chi connectivity index (χ1v) is 12.1. The van der Waals surface area contributed by atoms with Crippen molar-refractivity contribution in [3.8, 4) is 11.3 Å². The van der Waals surface area contributed by atoms with E-state index in [1.54, 1.807) is 31.5 Å². The molecule has 3 heterocycles. The Hall–Kier alpha value is -3.63. The Morgan fingerprint density at radius 2 is 1.95 bits per heavy atom. The van der Waals surface area contributed by atoms with Crippen LogP contribution in [0.2, 0.25) is 0 Å². The molecule has 0 unspecified atom stereocenters. The number of aromatic nitrogens is 4. The minimum Gasteiger partial charge on any atom is -0.444 e. The van der Waals surface area contributed by atoms with Gasteiger partial charge >= 0.3 is 6.09 Å². The van der Waals surface area contributed by atoms with Crippen molar-refractivity contribution >= 4 is 27.9 Å². The average molecular weight is 508 g/mol. The number of aliphatic hydroxyl groups is 2. The highest BCUT2D eigenvalue weighted by Crippen LogP contribution is 2.36. The van der Waals surface area contributed by atoms with E-state index in [-0.39, 0.29) is 36.0 Å². The number of likely N-dealkylation sites (tertiary alicyclic amines) is 1. The number of hydrogen-bond acceptors (Lipinski definition) is 7. The van der Waals surface area contributed by atoms with E-state index in [0.29, 0.717) is 5.69 Å². The van der Waals surface area contributed by atoms with Crippen LogP contribution in [0.1, 0.15) is 38.3 Å². The van der Waals surface area contributed by atoms with Gasteiger partial charge in [-0.2, -0.15) is 5.10 Å². The summed E-state index contributed by atoms with van der Waals surface area (Å²) in [5, 5.41) is 36.4. The zero-order chi connectivity index (χ0) is 26.7. The van der Waals surface area contributed by atoms with Crippen LogP contribution >= 0.6 is 0 Å². The van der Waals surface area contributed by atoms with Crippen LogP contribution < -0.4 is 0 Å². The van der Waals surface area contributed by atoms with Gasteiger partial charge in [-0.25, -0.2) is 9.18 Å². The van der Waals surface area contributed by atoms with Gasteiger partial charge in [0.2, 0.25) is 0 Å². The molecule has 1 aliphatic heterocycles. The number of ether oxygens (including phenoxy) is 1. The summed E-state index contributed by atoms with van der Waals surface area (Å²) < 4.78 is 22.5. The molecule has 5 rings (SSSR count). The van der Waals surface area contributed by atoms with Gasteiger partial charge in [-0.3, -0.25) is 4.68 Å². The zero-order valence-corrected chi connectivity index (χ0v) is 21.5. The van der Waals surface area contributed by atoms with Crippen molar-refractivity contribution in [3.63, 3.8) is 0 Å². The van der Waals surface area contributed by atoms with Crippen molar-refractivity contribution in [2.45, 2.75) is 51.4 Å². The first-order valence-electron chi connectivity index (χ1n) is 12.1. The molecule has 1 saturated heterocycles. The molecule has 2 aromatic carbocycles. The highest BCUT2D eigenvalue weighted by atomic mass is 19.1. The number of rotatable bonds is 2. The van der Waals surface area contributed by atoms with Crippen LogP contribution in [0.5, 0.6) is 0 Å². The third-order valence-electron chi connectivity index (χ3n) is 6.72. The maximum atomic E-state index is 15.4. The van der Waals surface area contributed by atoms with Gasteiger partial charge in [0.1, 0.15) is 23.1 Å². The molecule has 0 bridgehead atoms. The molecule has 37 heavy (non-hydrogen) atoms. The number of benzene rings is 2. The lowest BCUT2D eigenvalue weighted by Crippen LogP contribution is -2.55. The Balaban J connectivity index is 1.45. The third kappa shape index (κ3) is 4.62. The molecule has 0 radical (unpaired) electrons. The molecule has 2 N–H and O–H groups in total. The summed E-state index contributed by atoms with van der Waals surface area (Å²) in [5.41, 5.74) is 1.17. The second-order valence-corrected chi connectivity index (χ2v) is 10.8. The average Bonchev–Trinajstić information content (AvgIpc) is 3.20. The van der Waals surface area contributed by atoms with Crippen molar-refractivity contribution in [1.29, 1.82) is 0 Å². The summed E-state index contributed by atoms with van der Waals surface area (Å²) in [4.78, 5) is 13.7. The maximum Gasteiger partial charge on any atom is 0.410 e. The highest BCUT2D eigenvalue weighted by Gasteiger charge is 2.44. The van der Waals surface area contributed by atoms with E-state index in [2.05, 4.69) is 15.3 Å². The smallest absolute Gasteiger partial charge is 0.410 e. The van der Waals surface area contributed by atoms with Crippen molar-refractivity contribution in [2.24, 2.45) is 7.05 Å². The van der Waals surface area contributed by atoms with Crippen molar-refractivity contribution < 1.29 is 24.1 Å². The number of aryl methyl sites for hydroxylation is 2. The molecule has 0 saturated carbocycles. The van der Waals surface area contributed by atoms with Crippen LogP contribution in [0.3, 0.4) is 0 Å². The summed E-state index contributed by atoms with van der Waals surface area (Å²) in [5.74, 6) is -0.585. The number of aliphatic hydroxyl groups excluding tert-OH is 1. The molecule has 9 nitrogen and oxygen atoms in total. The molecule has 1 fully saturated rings. The lowest BCUT2D eigenvalue weighted by atomic mass is 9.81. The Labute approximate surface area is 213 Å². The lowest BCUT2D eigenvalue weighted by Gasteiger charge is -2.42. The van der Waals surface area contributed by atoms with E-state index in [1.807, 2.05) is 32.3 Å². The molecule has 2 aromatic heterocycles. The number of nitrogens with zero attached hydrogens (tertiary/aromatic N) is 5. The molecule has 10 heteroatoms. The highest BCUT2D eigenvalue weighted by molar-refractivity contribution is 5.89. The predicted octanol–water partition coefficient (Wildman–Crippen LogP) is 3.82. The molecule has 2 atom stereocenters. The van der Waals surface area contributed by atoms with Crippen LogP contribution in [-0.2, 0) is 17.4 Å². The van der Waals surface area contributed by atoms with Gasteiger partial charge in [-0.15, -0.1) is 10.2 Å². The molecular weight excluding hydrogens is 477 g/mol. The molecule has 0 aliphatic carbocycles. The maximum absolute atomic E-state index is 15.4. The standard InChI is InChI=1S/C27H30FN5O4/c1-15-8-16(9-17-13-32(5)31-24(15)17)21-12-19-20(28)10-18(11-22(19)30-29-21)27(36)6-7-33(14-23(27)34)25(35)37-26(2,3)4/h8-13,23,34,36H,6-7,14H2,1-5H3/t23-,27-/m0/s1.